The van der Waals surface area contributed by atoms with Gasteiger partial charge in [-0.25, -0.2) is 0 Å². The number of hydrogen-bond donors (Lipinski definition) is 2. The van der Waals surface area contributed by atoms with Gasteiger partial charge in [0.15, 0.2) is 0 Å². The van der Waals surface area contributed by atoms with Crippen LogP contribution in [0.1, 0.15) is 96.1 Å². The molecule has 0 aromatic heterocycles. The van der Waals surface area contributed by atoms with Crippen molar-refractivity contribution in [3.05, 3.63) is 42.0 Å². The third-order valence-electron chi connectivity index (χ3n) is 6.72. The van der Waals surface area contributed by atoms with Gasteiger partial charge in [-0.1, -0.05) is 71.6 Å². The summed E-state index contributed by atoms with van der Waals surface area (Å²) in [5.41, 5.74) is 2.28. The molecule has 0 heterocycles. The fraction of sp³-hybridized carbons (Fsp3) is 0.680. The standard InChI is InChI=1S/C25H40O2/c1-6-8-9-10-14-25(4,5)19-12-13-22(24(27)16-19)23-17-20(26)15-18(3)21(23)11-7-2/h7,12-13,16,18,20-21,23,26-27H,2,6,8-11,14-15,17H2,1,3-5H3/t18-,20+,21+,23+/m1/s1. The highest BCUT2D eigenvalue weighted by Gasteiger charge is 2.36. The molecule has 0 aliphatic heterocycles. The average molecular weight is 373 g/mol. The van der Waals surface area contributed by atoms with Gasteiger partial charge < -0.3 is 10.2 Å². The monoisotopic (exact) mass is 372 g/mol. The van der Waals surface area contributed by atoms with Crippen molar-refractivity contribution in [3.8, 4) is 5.75 Å². The first-order valence-corrected chi connectivity index (χ1v) is 10.9. The Morgan fingerprint density at radius 2 is 1.93 bits per heavy atom. The van der Waals surface area contributed by atoms with Gasteiger partial charge in [-0.3, -0.25) is 0 Å². The van der Waals surface area contributed by atoms with Crippen molar-refractivity contribution >= 4 is 0 Å². The predicted molar refractivity (Wildman–Crippen MR) is 115 cm³/mol. The molecule has 1 saturated carbocycles. The van der Waals surface area contributed by atoms with Crippen LogP contribution in [-0.4, -0.2) is 16.3 Å². The van der Waals surface area contributed by atoms with Crippen molar-refractivity contribution in [2.45, 2.75) is 96.5 Å². The van der Waals surface area contributed by atoms with Gasteiger partial charge in [-0.05, 0) is 66.0 Å². The normalized spacial score (nSPS) is 26.1. The van der Waals surface area contributed by atoms with Crippen LogP contribution < -0.4 is 0 Å². The maximum absolute atomic E-state index is 10.9. The fourth-order valence-electron chi connectivity index (χ4n) is 4.93. The van der Waals surface area contributed by atoms with E-state index in [1.54, 1.807) is 0 Å². The lowest BCUT2D eigenvalue weighted by Gasteiger charge is -2.39. The largest absolute Gasteiger partial charge is 0.508 e. The Morgan fingerprint density at radius 3 is 2.56 bits per heavy atom. The summed E-state index contributed by atoms with van der Waals surface area (Å²) in [6.07, 6.45) is 10.4. The number of phenols is 1. The van der Waals surface area contributed by atoms with E-state index in [-0.39, 0.29) is 17.4 Å². The van der Waals surface area contributed by atoms with E-state index in [1.807, 2.05) is 12.1 Å². The molecule has 1 aromatic rings. The van der Waals surface area contributed by atoms with Crippen LogP contribution in [0.15, 0.2) is 30.9 Å². The van der Waals surface area contributed by atoms with E-state index in [9.17, 15) is 10.2 Å². The van der Waals surface area contributed by atoms with Crippen LogP contribution >= 0.6 is 0 Å². The Hall–Kier alpha value is -1.28. The summed E-state index contributed by atoms with van der Waals surface area (Å²) in [5.74, 6) is 1.47. The second kappa shape index (κ2) is 9.78. The van der Waals surface area contributed by atoms with Gasteiger partial charge in [0.2, 0.25) is 0 Å². The number of allylic oxidation sites excluding steroid dienone is 1. The van der Waals surface area contributed by atoms with E-state index in [2.05, 4.69) is 46.4 Å². The number of unbranched alkanes of at least 4 members (excludes halogenated alkanes) is 3. The zero-order valence-electron chi connectivity index (χ0n) is 17.9. The molecule has 152 valence electrons. The van der Waals surface area contributed by atoms with E-state index in [0.717, 1.165) is 31.2 Å². The first-order valence-electron chi connectivity index (χ1n) is 10.9. The summed E-state index contributed by atoms with van der Waals surface area (Å²) in [6.45, 7) is 12.9. The molecule has 0 unspecified atom stereocenters. The van der Waals surface area contributed by atoms with Crippen molar-refractivity contribution in [1.82, 2.24) is 0 Å². The predicted octanol–water partition coefficient (Wildman–Crippen LogP) is 6.71. The minimum atomic E-state index is -0.278. The van der Waals surface area contributed by atoms with Gasteiger partial charge in [-0.15, -0.1) is 6.58 Å². The van der Waals surface area contributed by atoms with Crippen molar-refractivity contribution in [2.75, 3.05) is 0 Å². The van der Waals surface area contributed by atoms with Crippen LogP contribution in [0, 0.1) is 11.8 Å². The number of aliphatic hydroxyl groups excluding tert-OH is 1. The number of benzene rings is 1. The molecule has 0 saturated heterocycles. The lowest BCUT2D eigenvalue weighted by molar-refractivity contribution is 0.0595. The van der Waals surface area contributed by atoms with Gasteiger partial charge in [0.25, 0.3) is 0 Å². The first kappa shape index (κ1) is 22.0. The van der Waals surface area contributed by atoms with Crippen molar-refractivity contribution in [1.29, 1.82) is 0 Å². The van der Waals surface area contributed by atoms with Gasteiger partial charge in [0.05, 0.1) is 6.10 Å². The summed E-state index contributed by atoms with van der Waals surface area (Å²) in [4.78, 5) is 0. The van der Waals surface area contributed by atoms with E-state index in [4.69, 9.17) is 0 Å². The maximum atomic E-state index is 10.9. The molecule has 1 aliphatic rings. The lowest BCUT2D eigenvalue weighted by Crippen LogP contribution is -2.32. The van der Waals surface area contributed by atoms with Gasteiger partial charge >= 0.3 is 0 Å². The number of rotatable bonds is 9. The number of hydrogen-bond acceptors (Lipinski definition) is 2. The molecule has 27 heavy (non-hydrogen) atoms. The summed E-state index contributed by atoms with van der Waals surface area (Å²) < 4.78 is 0. The van der Waals surface area contributed by atoms with Gasteiger partial charge in [0.1, 0.15) is 5.75 Å². The third-order valence-corrected chi connectivity index (χ3v) is 6.72. The zero-order chi connectivity index (χ0) is 20.0. The highest BCUT2D eigenvalue weighted by molar-refractivity contribution is 5.42. The van der Waals surface area contributed by atoms with Crippen LogP contribution in [0.5, 0.6) is 5.75 Å². The highest BCUT2D eigenvalue weighted by atomic mass is 16.3. The summed E-state index contributed by atoms with van der Waals surface area (Å²) >= 11 is 0. The Morgan fingerprint density at radius 1 is 1.19 bits per heavy atom. The molecule has 4 atom stereocenters. The highest BCUT2D eigenvalue weighted by Crippen LogP contribution is 2.46. The fourth-order valence-corrected chi connectivity index (χ4v) is 4.93. The van der Waals surface area contributed by atoms with Crippen LogP contribution in [0.2, 0.25) is 0 Å². The van der Waals surface area contributed by atoms with E-state index >= 15 is 0 Å². The Labute approximate surface area is 166 Å². The molecule has 0 bridgehead atoms. The second-order valence-corrected chi connectivity index (χ2v) is 9.37. The molecule has 1 aromatic carbocycles. The van der Waals surface area contributed by atoms with E-state index in [0.29, 0.717) is 17.6 Å². The summed E-state index contributed by atoms with van der Waals surface area (Å²) in [6, 6.07) is 6.29. The van der Waals surface area contributed by atoms with Crippen LogP contribution in [0.3, 0.4) is 0 Å². The minimum Gasteiger partial charge on any atom is -0.508 e. The Bertz CT molecular complexity index is 604. The molecule has 0 radical (unpaired) electrons. The molecule has 2 heteroatoms. The van der Waals surface area contributed by atoms with Crippen LogP contribution in [0.25, 0.3) is 0 Å². The first-order chi connectivity index (χ1) is 12.8. The van der Waals surface area contributed by atoms with Gasteiger partial charge in [-0.2, -0.15) is 0 Å². The van der Waals surface area contributed by atoms with Crippen molar-refractivity contribution in [3.63, 3.8) is 0 Å². The van der Waals surface area contributed by atoms with Crippen molar-refractivity contribution < 1.29 is 10.2 Å². The smallest absolute Gasteiger partial charge is 0.119 e. The molecular formula is C25H40O2. The number of aliphatic hydroxyl groups is 1. The second-order valence-electron chi connectivity index (χ2n) is 9.37. The minimum absolute atomic E-state index is 0.0731. The number of aromatic hydroxyl groups is 1. The topological polar surface area (TPSA) is 40.5 Å². The lowest BCUT2D eigenvalue weighted by atomic mass is 9.67. The zero-order valence-corrected chi connectivity index (χ0v) is 17.9. The number of phenolic OH excluding ortho intramolecular Hbond substituents is 1. The summed E-state index contributed by atoms with van der Waals surface area (Å²) in [7, 11) is 0. The molecule has 2 nitrogen and oxygen atoms in total. The van der Waals surface area contributed by atoms with Gasteiger partial charge in [0, 0.05) is 0 Å². The molecular weight excluding hydrogens is 332 g/mol. The molecule has 0 amide bonds. The molecule has 2 rings (SSSR count). The Balaban J connectivity index is 2.20. The molecule has 0 spiro atoms. The maximum Gasteiger partial charge on any atom is 0.119 e. The van der Waals surface area contributed by atoms with E-state index in [1.165, 1.54) is 31.2 Å². The molecule has 1 fully saturated rings. The van der Waals surface area contributed by atoms with Crippen LogP contribution in [0.4, 0.5) is 0 Å². The average Bonchev–Trinajstić information content (AvgIpc) is 2.61. The summed E-state index contributed by atoms with van der Waals surface area (Å²) in [5, 5.41) is 21.2. The molecule has 1 aliphatic carbocycles. The SMILES string of the molecule is C=CC[C@H]1[C@H](C)C[C@H](O)C[C@@H]1c1ccc(C(C)(C)CCCCCC)cc1O. The Kier molecular flexibility index (Phi) is 7.97. The van der Waals surface area contributed by atoms with E-state index < -0.39 is 0 Å². The third kappa shape index (κ3) is 5.60. The quantitative estimate of drug-likeness (QED) is 0.374. The molecule has 2 N–H and O–H groups in total. The van der Waals surface area contributed by atoms with Crippen molar-refractivity contribution in [2.24, 2.45) is 11.8 Å². The van der Waals surface area contributed by atoms with Crippen LogP contribution in [-0.2, 0) is 5.41 Å².